The van der Waals surface area contributed by atoms with Gasteiger partial charge in [0.1, 0.15) is 0 Å². The Labute approximate surface area is 212 Å². The molecule has 0 saturated heterocycles. The van der Waals surface area contributed by atoms with E-state index in [0.717, 1.165) is 23.2 Å². The fraction of sp³-hybridized carbons (Fsp3) is 0.286. The van der Waals surface area contributed by atoms with Crippen LogP contribution < -0.4 is 9.80 Å². The molecule has 36 heavy (non-hydrogen) atoms. The summed E-state index contributed by atoms with van der Waals surface area (Å²) in [6, 6.07) is 19.7. The van der Waals surface area contributed by atoms with Crippen LogP contribution in [0.3, 0.4) is 0 Å². The number of hydrogen-bond donors (Lipinski definition) is 0. The summed E-state index contributed by atoms with van der Waals surface area (Å²) in [4.78, 5) is 31.9. The number of hydrogen-bond acceptors (Lipinski definition) is 5. The number of sulfone groups is 1. The average molecular weight is 506 g/mol. The van der Waals surface area contributed by atoms with E-state index in [-0.39, 0.29) is 22.8 Å². The minimum atomic E-state index is -3.30. The molecule has 0 radical (unpaired) electrons. The summed E-state index contributed by atoms with van der Waals surface area (Å²) in [5, 5.41) is 0. The third-order valence-electron chi connectivity index (χ3n) is 6.31. The molecule has 0 aliphatic carbocycles. The molecular weight excluding hydrogens is 474 g/mol. The van der Waals surface area contributed by atoms with E-state index in [0.29, 0.717) is 23.5 Å². The Hall–Kier alpha value is -3.49. The zero-order chi connectivity index (χ0) is 26.2. The summed E-state index contributed by atoms with van der Waals surface area (Å²) < 4.78 is 23.7. The predicted octanol–water partition coefficient (Wildman–Crippen LogP) is 4.22. The van der Waals surface area contributed by atoms with E-state index in [1.165, 1.54) is 13.2 Å². The molecule has 188 valence electrons. The summed E-state index contributed by atoms with van der Waals surface area (Å²) >= 11 is 0. The van der Waals surface area contributed by atoms with Crippen molar-refractivity contribution in [2.45, 2.75) is 31.3 Å². The van der Waals surface area contributed by atoms with Crippen molar-refractivity contribution < 1.29 is 18.0 Å². The molecule has 0 N–H and O–H groups in total. The van der Waals surface area contributed by atoms with Crippen LogP contribution in [0.15, 0.2) is 71.6 Å². The maximum atomic E-state index is 13.7. The van der Waals surface area contributed by atoms with Gasteiger partial charge in [-0.2, -0.15) is 0 Å². The maximum absolute atomic E-state index is 13.7. The van der Waals surface area contributed by atoms with Gasteiger partial charge in [-0.1, -0.05) is 30.3 Å². The van der Waals surface area contributed by atoms with Crippen LogP contribution in [0.2, 0.25) is 0 Å². The van der Waals surface area contributed by atoms with E-state index < -0.39 is 9.84 Å². The van der Waals surface area contributed by atoms with Crippen molar-refractivity contribution in [3.05, 3.63) is 77.9 Å². The summed E-state index contributed by atoms with van der Waals surface area (Å²) in [6.45, 7) is 4.61. The Morgan fingerprint density at radius 3 is 2.08 bits per heavy atom. The first-order valence-electron chi connectivity index (χ1n) is 11.8. The molecule has 7 nitrogen and oxygen atoms in total. The Morgan fingerprint density at radius 2 is 1.53 bits per heavy atom. The van der Waals surface area contributed by atoms with Gasteiger partial charge in [0.2, 0.25) is 5.91 Å². The van der Waals surface area contributed by atoms with Gasteiger partial charge >= 0.3 is 0 Å². The normalized spacial score (nSPS) is 15.7. The Bertz CT molecular complexity index is 1400. The number of rotatable bonds is 5. The number of carbonyl (C=O) groups is 2. The summed E-state index contributed by atoms with van der Waals surface area (Å²) in [5.74, 6) is -0.221. The predicted molar refractivity (Wildman–Crippen MR) is 143 cm³/mol. The SMILES string of the molecule is CC(=O)N1c2ccc(-c3ccc(S(C)(=O)=O)cc3)cc2N(C(=O)c2ccc(CN(C)C)cc2)C[C@@H]1C. The minimum absolute atomic E-state index is 0.0888. The number of amides is 2. The molecule has 0 aromatic heterocycles. The molecule has 4 rings (SSSR count). The lowest BCUT2D eigenvalue weighted by Gasteiger charge is -2.41. The molecule has 8 heteroatoms. The van der Waals surface area contributed by atoms with Crippen molar-refractivity contribution >= 4 is 33.0 Å². The molecule has 2 amide bonds. The Balaban J connectivity index is 1.75. The van der Waals surface area contributed by atoms with Gasteiger partial charge in [-0.3, -0.25) is 9.59 Å². The second-order valence-corrected chi connectivity index (χ2v) is 11.6. The van der Waals surface area contributed by atoms with Gasteiger partial charge in [-0.25, -0.2) is 8.42 Å². The van der Waals surface area contributed by atoms with Crippen LogP contribution in [0.5, 0.6) is 0 Å². The van der Waals surface area contributed by atoms with E-state index in [1.54, 1.807) is 34.1 Å². The summed E-state index contributed by atoms with van der Waals surface area (Å²) in [7, 11) is 0.697. The molecule has 3 aromatic rings. The molecule has 1 atom stereocenters. The van der Waals surface area contributed by atoms with E-state index in [1.807, 2.05) is 63.5 Å². The van der Waals surface area contributed by atoms with Crippen LogP contribution in [0.1, 0.15) is 29.8 Å². The van der Waals surface area contributed by atoms with Crippen molar-refractivity contribution in [2.75, 3.05) is 36.7 Å². The van der Waals surface area contributed by atoms with Crippen LogP contribution >= 0.6 is 0 Å². The molecule has 1 heterocycles. The maximum Gasteiger partial charge on any atom is 0.258 e. The molecule has 1 aliphatic heterocycles. The van der Waals surface area contributed by atoms with E-state index in [4.69, 9.17) is 0 Å². The van der Waals surface area contributed by atoms with Crippen molar-refractivity contribution in [1.29, 1.82) is 0 Å². The topological polar surface area (TPSA) is 78.0 Å². The lowest BCUT2D eigenvalue weighted by molar-refractivity contribution is -0.117. The first kappa shape index (κ1) is 25.6. The highest BCUT2D eigenvalue weighted by Gasteiger charge is 2.34. The number of fused-ring (bicyclic) bond motifs is 1. The molecule has 0 saturated carbocycles. The van der Waals surface area contributed by atoms with Gasteiger partial charge in [0.25, 0.3) is 5.91 Å². The van der Waals surface area contributed by atoms with Gasteiger partial charge in [-0.15, -0.1) is 0 Å². The molecule has 1 aliphatic rings. The second-order valence-electron chi connectivity index (χ2n) is 9.59. The van der Waals surface area contributed by atoms with Crippen LogP contribution in [-0.2, 0) is 21.2 Å². The molecule has 0 fully saturated rings. The minimum Gasteiger partial charge on any atom is -0.306 e. The highest BCUT2D eigenvalue weighted by Crippen LogP contribution is 2.39. The quantitative estimate of drug-likeness (QED) is 0.519. The van der Waals surface area contributed by atoms with Crippen LogP contribution in [0, 0.1) is 0 Å². The highest BCUT2D eigenvalue weighted by atomic mass is 32.2. The zero-order valence-corrected chi connectivity index (χ0v) is 22.0. The number of benzene rings is 3. The number of carbonyl (C=O) groups excluding carboxylic acids is 2. The van der Waals surface area contributed by atoms with Crippen LogP contribution in [0.4, 0.5) is 11.4 Å². The molecular formula is C28H31N3O4S. The van der Waals surface area contributed by atoms with Gasteiger partial charge in [0, 0.05) is 31.8 Å². The van der Waals surface area contributed by atoms with Crippen LogP contribution in [0.25, 0.3) is 11.1 Å². The van der Waals surface area contributed by atoms with Gasteiger partial charge < -0.3 is 14.7 Å². The highest BCUT2D eigenvalue weighted by molar-refractivity contribution is 7.90. The van der Waals surface area contributed by atoms with E-state index >= 15 is 0 Å². The fourth-order valence-electron chi connectivity index (χ4n) is 4.65. The van der Waals surface area contributed by atoms with Gasteiger partial charge in [0.15, 0.2) is 9.84 Å². The smallest absolute Gasteiger partial charge is 0.258 e. The first-order valence-corrected chi connectivity index (χ1v) is 13.6. The van der Waals surface area contributed by atoms with Gasteiger partial charge in [0.05, 0.1) is 22.3 Å². The van der Waals surface area contributed by atoms with Crippen molar-refractivity contribution in [3.8, 4) is 11.1 Å². The third-order valence-corrected chi connectivity index (χ3v) is 7.44. The van der Waals surface area contributed by atoms with E-state index in [9.17, 15) is 18.0 Å². The second kappa shape index (κ2) is 9.87. The molecule has 0 unspecified atom stereocenters. The monoisotopic (exact) mass is 505 g/mol. The van der Waals surface area contributed by atoms with Crippen molar-refractivity contribution in [3.63, 3.8) is 0 Å². The van der Waals surface area contributed by atoms with Gasteiger partial charge in [-0.05, 0) is 74.1 Å². The fourth-order valence-corrected chi connectivity index (χ4v) is 5.28. The van der Waals surface area contributed by atoms with Crippen molar-refractivity contribution in [2.24, 2.45) is 0 Å². The number of anilines is 2. The van der Waals surface area contributed by atoms with E-state index in [2.05, 4.69) is 4.90 Å². The lowest BCUT2D eigenvalue weighted by atomic mass is 9.99. The molecule has 0 bridgehead atoms. The standard InChI is InChI=1S/C28H31N3O4S/c1-19-17-30(28(33)23-8-6-21(7-9-23)18-29(3)4)27-16-24(12-15-26(27)31(19)20(2)32)22-10-13-25(14-11-22)36(5,34)35/h6-16,19H,17-18H2,1-5H3/t19-/m0/s1. The Kier molecular flexibility index (Phi) is 7.02. The first-order chi connectivity index (χ1) is 17.0. The third kappa shape index (κ3) is 5.20. The summed E-state index contributed by atoms with van der Waals surface area (Å²) in [5.41, 5.74) is 4.66. The number of nitrogens with zero attached hydrogens (tertiary/aromatic N) is 3. The molecule has 0 spiro atoms. The largest absolute Gasteiger partial charge is 0.306 e. The average Bonchev–Trinajstić information content (AvgIpc) is 2.82. The van der Waals surface area contributed by atoms with Crippen LogP contribution in [-0.4, -0.2) is 58.1 Å². The molecule has 3 aromatic carbocycles. The van der Waals surface area contributed by atoms with Crippen molar-refractivity contribution in [1.82, 2.24) is 4.90 Å². The zero-order valence-electron chi connectivity index (χ0n) is 21.2. The lowest BCUT2D eigenvalue weighted by Crippen LogP contribution is -2.51. The Morgan fingerprint density at radius 1 is 0.917 bits per heavy atom. The summed E-state index contributed by atoms with van der Waals surface area (Å²) in [6.07, 6.45) is 1.18.